The second-order valence-electron chi connectivity index (χ2n) is 4.22. The zero-order valence-electron chi connectivity index (χ0n) is 8.27. The van der Waals surface area contributed by atoms with Crippen molar-refractivity contribution in [2.24, 2.45) is 5.92 Å². The Kier molecular flexibility index (Phi) is 2.20. The van der Waals surface area contributed by atoms with Crippen LogP contribution in [0, 0.1) is 17.2 Å². The molecule has 1 fully saturated rings. The highest BCUT2D eigenvalue weighted by Crippen LogP contribution is 2.41. The van der Waals surface area contributed by atoms with Crippen LogP contribution in [0.3, 0.4) is 0 Å². The van der Waals surface area contributed by atoms with Gasteiger partial charge < -0.3 is 0 Å². The van der Waals surface area contributed by atoms with Crippen molar-refractivity contribution in [2.75, 3.05) is 0 Å². The standard InChI is InChI=1S/C11H13N3/c1-11(7-12,4-9-2-3-9)10-5-13-8-14-6-10/h5-6,8-9H,2-4H2,1H3. The minimum Gasteiger partial charge on any atom is -0.244 e. The zero-order valence-corrected chi connectivity index (χ0v) is 8.27. The van der Waals surface area contributed by atoms with E-state index in [2.05, 4.69) is 16.0 Å². The van der Waals surface area contributed by atoms with Crippen molar-refractivity contribution in [3.8, 4) is 6.07 Å². The zero-order chi connectivity index (χ0) is 10.0. The highest BCUT2D eigenvalue weighted by Gasteiger charge is 2.35. The van der Waals surface area contributed by atoms with Crippen LogP contribution in [0.5, 0.6) is 0 Å². The van der Waals surface area contributed by atoms with Crippen molar-refractivity contribution < 1.29 is 0 Å². The first-order chi connectivity index (χ1) is 6.74. The number of hydrogen-bond acceptors (Lipinski definition) is 3. The lowest BCUT2D eigenvalue weighted by molar-refractivity contribution is 0.509. The Bertz CT molecular complexity index is 351. The van der Waals surface area contributed by atoms with Crippen LogP contribution in [0.2, 0.25) is 0 Å². The summed E-state index contributed by atoms with van der Waals surface area (Å²) in [6.45, 7) is 1.98. The quantitative estimate of drug-likeness (QED) is 0.727. The third-order valence-corrected chi connectivity index (χ3v) is 2.84. The summed E-state index contributed by atoms with van der Waals surface area (Å²) in [4.78, 5) is 7.93. The Balaban J connectivity index is 2.23. The minimum atomic E-state index is -0.400. The molecule has 0 aliphatic heterocycles. The molecule has 1 atom stereocenters. The molecule has 3 heteroatoms. The highest BCUT2D eigenvalue weighted by atomic mass is 14.8. The monoisotopic (exact) mass is 187 g/mol. The Morgan fingerprint density at radius 2 is 2.14 bits per heavy atom. The molecule has 0 N–H and O–H groups in total. The van der Waals surface area contributed by atoms with Gasteiger partial charge in [0.2, 0.25) is 0 Å². The average molecular weight is 187 g/mol. The molecule has 0 aromatic carbocycles. The topological polar surface area (TPSA) is 49.6 Å². The maximum absolute atomic E-state index is 9.21. The number of rotatable bonds is 3. The number of hydrogen-bond donors (Lipinski definition) is 0. The summed E-state index contributed by atoms with van der Waals surface area (Å²) in [5.41, 5.74) is 0.539. The molecule has 1 heterocycles. The van der Waals surface area contributed by atoms with Crippen LogP contribution in [0.4, 0.5) is 0 Å². The SMILES string of the molecule is CC(C#N)(CC1CC1)c1cncnc1. The fourth-order valence-corrected chi connectivity index (χ4v) is 1.71. The molecule has 1 aliphatic carbocycles. The molecule has 0 saturated heterocycles. The second kappa shape index (κ2) is 3.38. The van der Waals surface area contributed by atoms with Crippen LogP contribution in [0.25, 0.3) is 0 Å². The average Bonchev–Trinajstić information content (AvgIpc) is 3.03. The van der Waals surface area contributed by atoms with Gasteiger partial charge in [-0.05, 0) is 19.3 Å². The minimum absolute atomic E-state index is 0.400. The lowest BCUT2D eigenvalue weighted by atomic mass is 9.81. The van der Waals surface area contributed by atoms with Gasteiger partial charge in [-0.25, -0.2) is 9.97 Å². The Labute approximate surface area is 83.8 Å². The van der Waals surface area contributed by atoms with E-state index in [1.165, 1.54) is 19.2 Å². The third-order valence-electron chi connectivity index (χ3n) is 2.84. The molecule has 1 aromatic heterocycles. The fraction of sp³-hybridized carbons (Fsp3) is 0.545. The number of nitriles is 1. The summed E-state index contributed by atoms with van der Waals surface area (Å²) in [5, 5.41) is 9.21. The summed E-state index contributed by atoms with van der Waals surface area (Å²) < 4.78 is 0. The maximum atomic E-state index is 9.21. The van der Waals surface area contributed by atoms with Gasteiger partial charge in [0.1, 0.15) is 6.33 Å². The molecule has 0 radical (unpaired) electrons. The number of nitrogens with zero attached hydrogens (tertiary/aromatic N) is 3. The van der Waals surface area contributed by atoms with Gasteiger partial charge >= 0.3 is 0 Å². The van der Waals surface area contributed by atoms with Gasteiger partial charge in [0.05, 0.1) is 11.5 Å². The van der Waals surface area contributed by atoms with Crippen molar-refractivity contribution in [3.63, 3.8) is 0 Å². The lowest BCUT2D eigenvalue weighted by Crippen LogP contribution is -2.20. The molecule has 0 spiro atoms. The number of aromatic nitrogens is 2. The molecule has 1 aliphatic rings. The largest absolute Gasteiger partial charge is 0.244 e. The van der Waals surface area contributed by atoms with Crippen LogP contribution >= 0.6 is 0 Å². The Morgan fingerprint density at radius 1 is 1.50 bits per heavy atom. The molecule has 3 nitrogen and oxygen atoms in total. The van der Waals surface area contributed by atoms with Gasteiger partial charge in [-0.1, -0.05) is 12.8 Å². The molecule has 0 amide bonds. The van der Waals surface area contributed by atoms with Gasteiger partial charge in [-0.3, -0.25) is 0 Å². The first kappa shape index (κ1) is 9.14. The maximum Gasteiger partial charge on any atom is 0.115 e. The van der Waals surface area contributed by atoms with Crippen molar-refractivity contribution >= 4 is 0 Å². The van der Waals surface area contributed by atoms with E-state index in [9.17, 15) is 5.26 Å². The molecule has 0 bridgehead atoms. The van der Waals surface area contributed by atoms with E-state index in [0.29, 0.717) is 0 Å². The highest BCUT2D eigenvalue weighted by molar-refractivity contribution is 5.27. The van der Waals surface area contributed by atoms with Crippen molar-refractivity contribution in [2.45, 2.75) is 31.6 Å². The first-order valence-electron chi connectivity index (χ1n) is 4.91. The summed E-state index contributed by atoms with van der Waals surface area (Å²) >= 11 is 0. The molecule has 14 heavy (non-hydrogen) atoms. The first-order valence-corrected chi connectivity index (χ1v) is 4.91. The van der Waals surface area contributed by atoms with Crippen LogP contribution in [0.1, 0.15) is 31.7 Å². The van der Waals surface area contributed by atoms with E-state index >= 15 is 0 Å². The van der Waals surface area contributed by atoms with Gasteiger partial charge in [0, 0.05) is 18.0 Å². The van der Waals surface area contributed by atoms with E-state index in [4.69, 9.17) is 0 Å². The lowest BCUT2D eigenvalue weighted by Gasteiger charge is -2.20. The molecular weight excluding hydrogens is 174 g/mol. The van der Waals surface area contributed by atoms with E-state index in [1.807, 2.05) is 6.92 Å². The summed E-state index contributed by atoms with van der Waals surface area (Å²) in [7, 11) is 0. The van der Waals surface area contributed by atoms with E-state index < -0.39 is 5.41 Å². The van der Waals surface area contributed by atoms with Crippen molar-refractivity contribution in [1.29, 1.82) is 5.26 Å². The van der Waals surface area contributed by atoms with Crippen LogP contribution < -0.4 is 0 Å². The van der Waals surface area contributed by atoms with Gasteiger partial charge in [-0.15, -0.1) is 0 Å². The van der Waals surface area contributed by atoms with Crippen molar-refractivity contribution in [3.05, 3.63) is 24.3 Å². The summed E-state index contributed by atoms with van der Waals surface area (Å²) in [6.07, 6.45) is 8.47. The fourth-order valence-electron chi connectivity index (χ4n) is 1.71. The van der Waals surface area contributed by atoms with Crippen LogP contribution in [-0.4, -0.2) is 9.97 Å². The van der Waals surface area contributed by atoms with E-state index in [0.717, 1.165) is 17.9 Å². The molecular formula is C11H13N3. The van der Waals surface area contributed by atoms with Crippen LogP contribution in [-0.2, 0) is 5.41 Å². The summed E-state index contributed by atoms with van der Waals surface area (Å²) in [6, 6.07) is 2.39. The van der Waals surface area contributed by atoms with Gasteiger partial charge in [-0.2, -0.15) is 5.26 Å². The van der Waals surface area contributed by atoms with E-state index in [-0.39, 0.29) is 0 Å². The Hall–Kier alpha value is -1.43. The smallest absolute Gasteiger partial charge is 0.115 e. The Morgan fingerprint density at radius 3 is 2.64 bits per heavy atom. The van der Waals surface area contributed by atoms with Crippen LogP contribution in [0.15, 0.2) is 18.7 Å². The molecule has 1 unspecified atom stereocenters. The molecule has 1 aromatic rings. The van der Waals surface area contributed by atoms with E-state index in [1.54, 1.807) is 12.4 Å². The van der Waals surface area contributed by atoms with Gasteiger partial charge in [0.25, 0.3) is 0 Å². The molecule has 1 saturated carbocycles. The molecule has 2 rings (SSSR count). The normalized spacial score (nSPS) is 19.7. The van der Waals surface area contributed by atoms with Crippen molar-refractivity contribution in [1.82, 2.24) is 9.97 Å². The molecule has 72 valence electrons. The predicted octanol–water partition coefficient (Wildman–Crippen LogP) is 2.06. The summed E-state index contributed by atoms with van der Waals surface area (Å²) in [5.74, 6) is 0.736. The predicted molar refractivity (Wildman–Crippen MR) is 52.3 cm³/mol. The van der Waals surface area contributed by atoms with Gasteiger partial charge in [0.15, 0.2) is 0 Å². The third kappa shape index (κ3) is 1.74. The second-order valence-corrected chi connectivity index (χ2v) is 4.22.